The molecule has 0 spiro atoms. The van der Waals surface area contributed by atoms with Crippen LogP contribution < -0.4 is 4.74 Å². The van der Waals surface area contributed by atoms with E-state index in [0.717, 1.165) is 21.9 Å². The number of rotatable bonds is 4. The third-order valence-electron chi connectivity index (χ3n) is 3.29. The molecule has 0 aliphatic heterocycles. The minimum absolute atomic E-state index is 0.567. The van der Waals surface area contributed by atoms with Gasteiger partial charge in [-0.15, -0.1) is 11.8 Å². The molecule has 1 heterocycles. The summed E-state index contributed by atoms with van der Waals surface area (Å²) in [5.41, 5.74) is 2.85. The van der Waals surface area contributed by atoms with Crippen LogP contribution in [0, 0.1) is 11.3 Å². The highest BCUT2D eigenvalue weighted by molar-refractivity contribution is 7.98. The van der Waals surface area contributed by atoms with Crippen molar-refractivity contribution in [3.05, 3.63) is 59.7 Å². The van der Waals surface area contributed by atoms with Crippen molar-refractivity contribution in [1.29, 1.82) is 5.26 Å². The molecule has 0 aliphatic carbocycles. The van der Waals surface area contributed by atoms with E-state index in [1.54, 1.807) is 24.9 Å². The first-order valence-electron chi connectivity index (χ1n) is 6.58. The summed E-state index contributed by atoms with van der Waals surface area (Å²) in [5, 5.41) is 11.3. The molecule has 4 heteroatoms. The lowest BCUT2D eigenvalue weighted by molar-refractivity contribution is 0.413. The van der Waals surface area contributed by atoms with Crippen LogP contribution >= 0.6 is 11.8 Å². The molecular weight excluding hydrogens is 280 g/mol. The van der Waals surface area contributed by atoms with E-state index in [1.165, 1.54) is 5.39 Å². The maximum Gasteiger partial charge on any atom is 0.136 e. The van der Waals surface area contributed by atoms with Gasteiger partial charge >= 0.3 is 0 Å². The van der Waals surface area contributed by atoms with Crippen LogP contribution in [0.1, 0.15) is 11.1 Å². The third kappa shape index (κ3) is 2.88. The van der Waals surface area contributed by atoms with Gasteiger partial charge < -0.3 is 9.72 Å². The molecule has 0 atom stereocenters. The molecule has 1 N–H and O–H groups in total. The number of nitrogens with zero attached hydrogens (tertiary/aromatic N) is 1. The number of nitriles is 1. The standard InChI is InChI=1S/C17H14N2OS/c1-20-16-8-12(6-7-14(16)10-18)11-21-17-9-13-4-2-3-5-15(13)19-17/h2-9,19H,11H2,1H3. The molecule has 0 unspecified atom stereocenters. The highest BCUT2D eigenvalue weighted by atomic mass is 32.2. The molecule has 1 aromatic heterocycles. The van der Waals surface area contributed by atoms with Gasteiger partial charge in [-0.3, -0.25) is 0 Å². The summed E-state index contributed by atoms with van der Waals surface area (Å²) in [6.07, 6.45) is 0. The maximum absolute atomic E-state index is 8.99. The quantitative estimate of drug-likeness (QED) is 0.728. The van der Waals surface area contributed by atoms with Gasteiger partial charge in [0.25, 0.3) is 0 Å². The molecule has 0 aliphatic rings. The summed E-state index contributed by atoms with van der Waals surface area (Å²) in [5.74, 6) is 1.46. The lowest BCUT2D eigenvalue weighted by Gasteiger charge is -2.05. The van der Waals surface area contributed by atoms with Crippen molar-refractivity contribution in [3.63, 3.8) is 0 Å². The number of H-pyrrole nitrogens is 1. The molecule has 0 bridgehead atoms. The van der Waals surface area contributed by atoms with Crippen LogP contribution in [0.4, 0.5) is 0 Å². The van der Waals surface area contributed by atoms with E-state index in [-0.39, 0.29) is 0 Å². The van der Waals surface area contributed by atoms with Gasteiger partial charge in [0.1, 0.15) is 11.8 Å². The fourth-order valence-electron chi connectivity index (χ4n) is 2.20. The number of nitrogens with one attached hydrogen (secondary N) is 1. The molecule has 21 heavy (non-hydrogen) atoms. The number of aromatic amines is 1. The predicted molar refractivity (Wildman–Crippen MR) is 85.6 cm³/mol. The van der Waals surface area contributed by atoms with Gasteiger partial charge in [-0.1, -0.05) is 24.3 Å². The van der Waals surface area contributed by atoms with E-state index in [9.17, 15) is 0 Å². The summed E-state index contributed by atoms with van der Waals surface area (Å²) in [7, 11) is 1.59. The Bertz CT molecular complexity index is 784. The monoisotopic (exact) mass is 294 g/mol. The minimum atomic E-state index is 0.567. The van der Waals surface area contributed by atoms with Crippen molar-refractivity contribution in [2.24, 2.45) is 0 Å². The van der Waals surface area contributed by atoms with E-state index in [0.29, 0.717) is 11.3 Å². The fourth-order valence-corrected chi connectivity index (χ4v) is 3.10. The van der Waals surface area contributed by atoms with E-state index in [2.05, 4.69) is 29.3 Å². The lowest BCUT2D eigenvalue weighted by Crippen LogP contribution is -1.90. The largest absolute Gasteiger partial charge is 0.495 e. The van der Waals surface area contributed by atoms with Gasteiger partial charge in [-0.2, -0.15) is 5.26 Å². The number of thioether (sulfide) groups is 1. The van der Waals surface area contributed by atoms with E-state index < -0.39 is 0 Å². The Morgan fingerprint density at radius 1 is 1.19 bits per heavy atom. The fraction of sp³-hybridized carbons (Fsp3) is 0.118. The number of benzene rings is 2. The zero-order valence-corrected chi connectivity index (χ0v) is 12.4. The van der Waals surface area contributed by atoms with Gasteiger partial charge in [0.05, 0.1) is 17.7 Å². The van der Waals surface area contributed by atoms with Gasteiger partial charge in [0, 0.05) is 16.7 Å². The average molecular weight is 294 g/mol. The number of hydrogen-bond acceptors (Lipinski definition) is 3. The second-order valence-electron chi connectivity index (χ2n) is 4.66. The Kier molecular flexibility index (Phi) is 3.85. The topological polar surface area (TPSA) is 48.8 Å². The van der Waals surface area contributed by atoms with Crippen LogP contribution in [0.3, 0.4) is 0 Å². The van der Waals surface area contributed by atoms with Crippen LogP contribution in [-0.4, -0.2) is 12.1 Å². The van der Waals surface area contributed by atoms with E-state index in [1.807, 2.05) is 24.3 Å². The van der Waals surface area contributed by atoms with Crippen molar-refractivity contribution < 1.29 is 4.74 Å². The molecule has 3 nitrogen and oxygen atoms in total. The number of hydrogen-bond donors (Lipinski definition) is 1. The van der Waals surface area contributed by atoms with Crippen molar-refractivity contribution in [2.75, 3.05) is 7.11 Å². The SMILES string of the molecule is COc1cc(CSc2cc3ccccc3[nH]2)ccc1C#N. The second kappa shape index (κ2) is 5.94. The number of para-hydroxylation sites is 1. The van der Waals surface area contributed by atoms with Gasteiger partial charge in [-0.05, 0) is 29.8 Å². The predicted octanol–water partition coefficient (Wildman–Crippen LogP) is 4.34. The Labute approximate surface area is 127 Å². The molecule has 0 amide bonds. The zero-order valence-electron chi connectivity index (χ0n) is 11.6. The Balaban J connectivity index is 1.77. The minimum Gasteiger partial charge on any atom is -0.495 e. The van der Waals surface area contributed by atoms with E-state index in [4.69, 9.17) is 10.00 Å². The second-order valence-corrected chi connectivity index (χ2v) is 5.67. The normalized spacial score (nSPS) is 10.5. The van der Waals surface area contributed by atoms with Gasteiger partial charge in [0.2, 0.25) is 0 Å². The first-order chi connectivity index (χ1) is 10.3. The van der Waals surface area contributed by atoms with Crippen LogP contribution in [0.2, 0.25) is 0 Å². The summed E-state index contributed by atoms with van der Waals surface area (Å²) in [6.45, 7) is 0. The summed E-state index contributed by atoms with van der Waals surface area (Å²) < 4.78 is 5.24. The number of fused-ring (bicyclic) bond motifs is 1. The molecule has 2 aromatic carbocycles. The highest BCUT2D eigenvalue weighted by Gasteiger charge is 2.05. The van der Waals surface area contributed by atoms with Crippen molar-refractivity contribution in [2.45, 2.75) is 10.8 Å². The molecule has 3 rings (SSSR count). The molecule has 104 valence electrons. The Morgan fingerprint density at radius 3 is 2.81 bits per heavy atom. The Morgan fingerprint density at radius 2 is 2.05 bits per heavy atom. The summed E-state index contributed by atoms with van der Waals surface area (Å²) >= 11 is 1.74. The van der Waals surface area contributed by atoms with Crippen LogP contribution in [0.15, 0.2) is 53.6 Å². The number of methoxy groups -OCH3 is 1. The zero-order chi connectivity index (χ0) is 14.7. The molecule has 0 fully saturated rings. The van der Waals surface area contributed by atoms with Crippen molar-refractivity contribution >= 4 is 22.7 Å². The van der Waals surface area contributed by atoms with Crippen LogP contribution in [0.25, 0.3) is 10.9 Å². The molecule has 0 radical (unpaired) electrons. The van der Waals surface area contributed by atoms with Gasteiger partial charge in [0.15, 0.2) is 0 Å². The Hall–Kier alpha value is -2.38. The first-order valence-corrected chi connectivity index (χ1v) is 7.56. The molecule has 3 aromatic rings. The summed E-state index contributed by atoms with van der Waals surface area (Å²) in [4.78, 5) is 3.40. The number of ether oxygens (including phenoxy) is 1. The molecule has 0 saturated carbocycles. The van der Waals surface area contributed by atoms with Crippen LogP contribution in [0.5, 0.6) is 5.75 Å². The highest BCUT2D eigenvalue weighted by Crippen LogP contribution is 2.28. The van der Waals surface area contributed by atoms with Crippen molar-refractivity contribution in [1.82, 2.24) is 4.98 Å². The molecule has 0 saturated heterocycles. The lowest BCUT2D eigenvalue weighted by atomic mass is 10.1. The van der Waals surface area contributed by atoms with Crippen LogP contribution in [-0.2, 0) is 5.75 Å². The maximum atomic E-state index is 8.99. The smallest absolute Gasteiger partial charge is 0.136 e. The number of aromatic nitrogens is 1. The summed E-state index contributed by atoms with van der Waals surface area (Å²) in [6, 6.07) is 18.2. The van der Waals surface area contributed by atoms with E-state index >= 15 is 0 Å². The third-order valence-corrected chi connectivity index (χ3v) is 4.29. The average Bonchev–Trinajstić information content (AvgIpc) is 2.95. The first kappa shape index (κ1) is 13.6. The molecular formula is C17H14N2OS. The van der Waals surface area contributed by atoms with Gasteiger partial charge in [-0.25, -0.2) is 0 Å². The van der Waals surface area contributed by atoms with Crippen molar-refractivity contribution in [3.8, 4) is 11.8 Å².